The van der Waals surface area contributed by atoms with Crippen molar-refractivity contribution < 1.29 is 19.4 Å². The molecule has 1 heterocycles. The Morgan fingerprint density at radius 1 is 1.00 bits per heavy atom. The number of nitrogens with zero attached hydrogens (tertiary/aromatic N) is 4. The molecule has 1 amide bonds. The Labute approximate surface area is 260 Å². The number of carbonyl (C=O) groups is 1. The molecule has 0 aliphatic carbocycles. The van der Waals surface area contributed by atoms with Crippen LogP contribution >= 0.6 is 11.6 Å². The van der Waals surface area contributed by atoms with E-state index >= 15 is 0 Å². The van der Waals surface area contributed by atoms with Crippen molar-refractivity contribution in [2.24, 2.45) is 10.1 Å². The summed E-state index contributed by atoms with van der Waals surface area (Å²) in [5.41, 5.74) is 11.4. The molecular weight excluding hydrogens is 578 g/mol. The Balaban J connectivity index is 1.54. The van der Waals surface area contributed by atoms with E-state index in [1.54, 1.807) is 30.3 Å². The Kier molecular flexibility index (Phi) is 10.1. The zero-order valence-corrected chi connectivity index (χ0v) is 24.7. The van der Waals surface area contributed by atoms with Crippen molar-refractivity contribution in [1.29, 1.82) is 0 Å². The molecular formula is C34H32ClN5O4. The molecule has 5 rings (SSSR count). The highest BCUT2D eigenvalue weighted by molar-refractivity contribution is 6.30. The Morgan fingerprint density at radius 3 is 2.45 bits per heavy atom. The maximum atomic E-state index is 14.4. The van der Waals surface area contributed by atoms with Crippen molar-refractivity contribution in [3.63, 3.8) is 0 Å². The molecule has 0 unspecified atom stereocenters. The third-order valence-corrected chi connectivity index (χ3v) is 7.58. The molecule has 0 radical (unpaired) electrons. The van der Waals surface area contributed by atoms with Gasteiger partial charge in [-0.05, 0) is 59.5 Å². The number of aliphatic hydroxyl groups is 1. The van der Waals surface area contributed by atoms with E-state index in [-0.39, 0.29) is 24.8 Å². The molecule has 4 aromatic rings. The van der Waals surface area contributed by atoms with Crippen LogP contribution in [0.5, 0.6) is 5.75 Å². The summed E-state index contributed by atoms with van der Waals surface area (Å²) in [6.07, 6.45) is 0.468. The molecule has 0 aromatic heterocycles. The second-order valence-electron chi connectivity index (χ2n) is 10.3. The van der Waals surface area contributed by atoms with Crippen LogP contribution in [0.1, 0.15) is 34.8 Å². The number of nitrogens with one attached hydrogen (secondary N) is 1. The number of benzene rings is 4. The zero-order chi connectivity index (χ0) is 30.8. The smallest absolute Gasteiger partial charge is 0.252 e. The van der Waals surface area contributed by atoms with Crippen LogP contribution in [0.25, 0.3) is 10.4 Å². The number of carbonyl (C=O) groups excluding carboxylic acids is 1. The third-order valence-electron chi connectivity index (χ3n) is 7.33. The number of rotatable bonds is 13. The standard InChI is InChI=1S/C34H32ClN5O4/c35-27-15-11-24(12-16-27)19-20-37-33(42)34(23-25-7-2-1-3-8-25)31(29-9-4-5-10-30(29)39-40-36)44-32(38-34)26-13-17-28(18-14-26)43-22-6-21-41/h1-5,7-18,31,41H,6,19-23H2,(H,37,42)/t31-,34-/m1/s1. The molecule has 224 valence electrons. The summed E-state index contributed by atoms with van der Waals surface area (Å²) in [4.78, 5) is 22.4. The van der Waals surface area contributed by atoms with Gasteiger partial charge in [-0.1, -0.05) is 83.4 Å². The predicted molar refractivity (Wildman–Crippen MR) is 170 cm³/mol. The number of hydrogen-bond donors (Lipinski definition) is 2. The van der Waals surface area contributed by atoms with Crippen LogP contribution < -0.4 is 10.1 Å². The lowest BCUT2D eigenvalue weighted by Gasteiger charge is -2.31. The van der Waals surface area contributed by atoms with Gasteiger partial charge in [-0.2, -0.15) is 0 Å². The van der Waals surface area contributed by atoms with Crippen LogP contribution in [0.4, 0.5) is 5.69 Å². The number of azide groups is 1. The lowest BCUT2D eigenvalue weighted by molar-refractivity contribution is -0.128. The van der Waals surface area contributed by atoms with Gasteiger partial charge in [0.25, 0.3) is 5.91 Å². The van der Waals surface area contributed by atoms with Gasteiger partial charge in [-0.15, -0.1) is 0 Å². The highest BCUT2D eigenvalue weighted by Crippen LogP contribution is 2.45. The number of halogens is 1. The van der Waals surface area contributed by atoms with E-state index < -0.39 is 11.6 Å². The highest BCUT2D eigenvalue weighted by atomic mass is 35.5. The summed E-state index contributed by atoms with van der Waals surface area (Å²) in [5, 5.41) is 16.7. The topological polar surface area (TPSA) is 129 Å². The van der Waals surface area contributed by atoms with Crippen molar-refractivity contribution in [2.75, 3.05) is 19.8 Å². The summed E-state index contributed by atoms with van der Waals surface area (Å²) >= 11 is 6.04. The van der Waals surface area contributed by atoms with Crippen molar-refractivity contribution in [2.45, 2.75) is 30.9 Å². The van der Waals surface area contributed by atoms with E-state index in [2.05, 4.69) is 15.3 Å². The van der Waals surface area contributed by atoms with Crippen LogP contribution in [0.15, 0.2) is 113 Å². The van der Waals surface area contributed by atoms with Gasteiger partial charge in [0.15, 0.2) is 11.6 Å². The molecule has 4 aromatic carbocycles. The lowest BCUT2D eigenvalue weighted by Crippen LogP contribution is -2.50. The molecule has 2 N–H and O–H groups in total. The molecule has 0 spiro atoms. The van der Waals surface area contributed by atoms with Gasteiger partial charge in [0.1, 0.15) is 5.75 Å². The summed E-state index contributed by atoms with van der Waals surface area (Å²) in [5.74, 6) is 0.619. The molecule has 0 fully saturated rings. The normalized spacial score (nSPS) is 17.2. The molecule has 2 atom stereocenters. The zero-order valence-electron chi connectivity index (χ0n) is 24.0. The van der Waals surface area contributed by atoms with Gasteiger partial charge in [0, 0.05) is 52.7 Å². The molecule has 44 heavy (non-hydrogen) atoms. The quantitative estimate of drug-likeness (QED) is 0.0739. The van der Waals surface area contributed by atoms with E-state index in [0.29, 0.717) is 53.6 Å². The first kappa shape index (κ1) is 30.6. The summed E-state index contributed by atoms with van der Waals surface area (Å²) in [7, 11) is 0. The Hall–Kier alpha value is -4.82. The van der Waals surface area contributed by atoms with Gasteiger partial charge < -0.3 is 19.9 Å². The molecule has 9 nitrogen and oxygen atoms in total. The van der Waals surface area contributed by atoms with E-state index in [0.717, 1.165) is 11.1 Å². The molecule has 0 saturated carbocycles. The first-order valence-electron chi connectivity index (χ1n) is 14.3. The second-order valence-corrected chi connectivity index (χ2v) is 10.8. The van der Waals surface area contributed by atoms with E-state index in [4.69, 9.17) is 31.2 Å². The Morgan fingerprint density at radius 2 is 1.73 bits per heavy atom. The van der Waals surface area contributed by atoms with Gasteiger partial charge in [-0.3, -0.25) is 4.79 Å². The van der Waals surface area contributed by atoms with Crippen molar-refractivity contribution in [1.82, 2.24) is 5.32 Å². The molecule has 0 bridgehead atoms. The first-order valence-corrected chi connectivity index (χ1v) is 14.7. The average molecular weight is 610 g/mol. The number of amides is 1. The minimum absolute atomic E-state index is 0.0483. The Bertz CT molecular complexity index is 1640. The van der Waals surface area contributed by atoms with Crippen LogP contribution in [0.2, 0.25) is 5.02 Å². The molecule has 10 heteroatoms. The van der Waals surface area contributed by atoms with Crippen LogP contribution in [-0.2, 0) is 22.4 Å². The summed E-state index contributed by atoms with van der Waals surface area (Å²) in [6.45, 7) is 0.807. The number of aliphatic imine (C=N–C) groups is 1. The van der Waals surface area contributed by atoms with Crippen molar-refractivity contribution in [3.8, 4) is 5.75 Å². The fourth-order valence-electron chi connectivity index (χ4n) is 5.14. The van der Waals surface area contributed by atoms with Crippen LogP contribution in [0.3, 0.4) is 0 Å². The van der Waals surface area contributed by atoms with E-state index in [1.165, 1.54) is 0 Å². The number of ether oxygens (including phenoxy) is 2. The monoisotopic (exact) mass is 609 g/mol. The first-order chi connectivity index (χ1) is 21.5. The van der Waals surface area contributed by atoms with Crippen molar-refractivity contribution in [3.05, 3.63) is 141 Å². The van der Waals surface area contributed by atoms with Gasteiger partial charge in [0.05, 0.1) is 6.61 Å². The fraction of sp³-hybridized carbons (Fsp3) is 0.235. The van der Waals surface area contributed by atoms with E-state index in [1.807, 2.05) is 72.8 Å². The van der Waals surface area contributed by atoms with Gasteiger partial charge >= 0.3 is 0 Å². The molecule has 1 aliphatic heterocycles. The van der Waals surface area contributed by atoms with Gasteiger partial charge in [-0.25, -0.2) is 4.99 Å². The van der Waals surface area contributed by atoms with Crippen LogP contribution in [0, 0.1) is 0 Å². The minimum Gasteiger partial charge on any atom is -0.494 e. The maximum absolute atomic E-state index is 14.4. The third kappa shape index (κ3) is 7.21. The molecule has 0 saturated heterocycles. The largest absolute Gasteiger partial charge is 0.494 e. The van der Waals surface area contributed by atoms with Gasteiger partial charge in [0.2, 0.25) is 5.90 Å². The maximum Gasteiger partial charge on any atom is 0.252 e. The van der Waals surface area contributed by atoms with Crippen molar-refractivity contribution >= 4 is 29.1 Å². The van der Waals surface area contributed by atoms with Crippen LogP contribution in [-0.4, -0.2) is 42.2 Å². The summed E-state index contributed by atoms with van der Waals surface area (Å²) in [6, 6.07) is 31.5. The average Bonchev–Trinajstić information content (AvgIpc) is 3.43. The predicted octanol–water partition coefficient (Wildman–Crippen LogP) is 6.90. The second kappa shape index (κ2) is 14.6. The number of hydrogen-bond acceptors (Lipinski definition) is 6. The highest BCUT2D eigenvalue weighted by Gasteiger charge is 2.53. The van der Waals surface area contributed by atoms with E-state index in [9.17, 15) is 10.3 Å². The minimum atomic E-state index is -1.42. The lowest BCUT2D eigenvalue weighted by atomic mass is 9.81. The SMILES string of the molecule is [N-]=[N+]=Nc1ccccc1[C@H]1OC(c2ccc(OCCCO)cc2)=N[C@@]1(Cc1ccccc1)C(=O)NCCc1ccc(Cl)cc1. The number of aliphatic hydroxyl groups excluding tert-OH is 1. The fourth-order valence-corrected chi connectivity index (χ4v) is 5.27. The molecule has 1 aliphatic rings. The summed E-state index contributed by atoms with van der Waals surface area (Å²) < 4.78 is 12.2.